The van der Waals surface area contributed by atoms with Crippen LogP contribution in [0.4, 0.5) is 22.0 Å². The number of carbonyl (C=O) groups excluding carboxylic acids is 2. The summed E-state index contributed by atoms with van der Waals surface area (Å²) in [5, 5.41) is 2.78. The maximum Gasteiger partial charge on any atom is 0.415 e. The van der Waals surface area contributed by atoms with Crippen LogP contribution in [-0.4, -0.2) is 24.1 Å². The van der Waals surface area contributed by atoms with Gasteiger partial charge < -0.3 is 15.8 Å². The molecule has 0 bridgehead atoms. The molecule has 2 amide bonds. The van der Waals surface area contributed by atoms with Gasteiger partial charge in [0.15, 0.2) is 0 Å². The Morgan fingerprint density at radius 1 is 1.04 bits per heavy atom. The maximum atomic E-state index is 12.4. The Kier molecular flexibility index (Phi) is 5.86. The second-order valence-corrected chi connectivity index (χ2v) is 5.98. The van der Waals surface area contributed by atoms with Gasteiger partial charge in [-0.2, -0.15) is 0 Å². The van der Waals surface area contributed by atoms with Crippen molar-refractivity contribution in [1.82, 2.24) is 4.98 Å². The van der Waals surface area contributed by atoms with Crippen molar-refractivity contribution in [1.29, 1.82) is 0 Å². The van der Waals surface area contributed by atoms with Crippen molar-refractivity contribution >= 4 is 29.2 Å². The summed E-state index contributed by atoms with van der Waals surface area (Å²) in [6.07, 6.45) is 1.09. The Morgan fingerprint density at radius 2 is 1.75 bits per heavy atom. The van der Waals surface area contributed by atoms with Gasteiger partial charge in [-0.3, -0.25) is 9.69 Å². The van der Waals surface area contributed by atoms with E-state index in [0.717, 1.165) is 5.56 Å². The highest BCUT2D eigenvalue weighted by molar-refractivity contribution is 6.05. The molecule has 3 rings (SSSR count). The first kappa shape index (κ1) is 18.9. The average molecular weight is 376 g/mol. The topological polar surface area (TPSA) is 97.5 Å². The van der Waals surface area contributed by atoms with Gasteiger partial charge in [0.2, 0.25) is 0 Å². The molecule has 0 saturated carbocycles. The van der Waals surface area contributed by atoms with Crippen molar-refractivity contribution in [3.05, 3.63) is 84.1 Å². The molecule has 7 heteroatoms. The molecule has 1 aromatic heterocycles. The van der Waals surface area contributed by atoms with E-state index in [1.165, 1.54) is 12.0 Å². The number of methoxy groups -OCH3 is 1. The third-order valence-corrected chi connectivity index (χ3v) is 4.09. The van der Waals surface area contributed by atoms with Crippen molar-refractivity contribution < 1.29 is 14.3 Å². The summed E-state index contributed by atoms with van der Waals surface area (Å²) in [7, 11) is 1.32. The van der Waals surface area contributed by atoms with E-state index in [9.17, 15) is 9.59 Å². The van der Waals surface area contributed by atoms with Crippen molar-refractivity contribution in [3.8, 4) is 0 Å². The summed E-state index contributed by atoms with van der Waals surface area (Å²) in [4.78, 5) is 30.1. The van der Waals surface area contributed by atoms with Crippen LogP contribution >= 0.6 is 0 Å². The van der Waals surface area contributed by atoms with Crippen LogP contribution in [-0.2, 0) is 11.3 Å². The number of carbonyl (C=O) groups is 2. The fraction of sp³-hybridized carbons (Fsp3) is 0.0952. The average Bonchev–Trinajstić information content (AvgIpc) is 2.74. The number of hydrogen-bond donors (Lipinski definition) is 2. The van der Waals surface area contributed by atoms with Gasteiger partial charge in [0.25, 0.3) is 5.91 Å². The van der Waals surface area contributed by atoms with Crippen molar-refractivity contribution in [2.75, 3.05) is 23.1 Å². The quantitative estimate of drug-likeness (QED) is 0.662. The Balaban J connectivity index is 1.73. The number of nitrogens with two attached hydrogens (primary N) is 1. The third kappa shape index (κ3) is 4.45. The smallest absolute Gasteiger partial charge is 0.415 e. The maximum absolute atomic E-state index is 12.4. The second-order valence-electron chi connectivity index (χ2n) is 5.98. The molecule has 142 valence electrons. The van der Waals surface area contributed by atoms with Gasteiger partial charge in [0.05, 0.1) is 25.0 Å². The lowest BCUT2D eigenvalue weighted by molar-refractivity contribution is 0.102. The van der Waals surface area contributed by atoms with Gasteiger partial charge in [-0.1, -0.05) is 30.3 Å². The molecule has 28 heavy (non-hydrogen) atoms. The predicted molar refractivity (Wildman–Crippen MR) is 108 cm³/mol. The lowest BCUT2D eigenvalue weighted by Crippen LogP contribution is -2.30. The van der Waals surface area contributed by atoms with E-state index in [2.05, 4.69) is 10.3 Å². The highest BCUT2D eigenvalue weighted by Crippen LogP contribution is 2.19. The molecule has 0 aliphatic heterocycles. The normalized spacial score (nSPS) is 10.2. The first-order valence-corrected chi connectivity index (χ1v) is 8.60. The second kappa shape index (κ2) is 8.68. The van der Waals surface area contributed by atoms with Gasteiger partial charge in [-0.15, -0.1) is 0 Å². The molecule has 0 atom stereocenters. The Hall–Kier alpha value is -3.87. The monoisotopic (exact) mass is 376 g/mol. The van der Waals surface area contributed by atoms with Crippen LogP contribution in [0.2, 0.25) is 0 Å². The minimum atomic E-state index is -0.514. The number of hydrogen-bond acceptors (Lipinski definition) is 5. The van der Waals surface area contributed by atoms with Gasteiger partial charge in [-0.05, 0) is 42.0 Å². The van der Waals surface area contributed by atoms with Crippen molar-refractivity contribution in [2.24, 2.45) is 0 Å². The van der Waals surface area contributed by atoms with Crippen LogP contribution in [0.3, 0.4) is 0 Å². The highest BCUT2D eigenvalue weighted by Gasteiger charge is 2.18. The van der Waals surface area contributed by atoms with Crippen LogP contribution in [0.1, 0.15) is 15.9 Å². The fourth-order valence-corrected chi connectivity index (χ4v) is 2.61. The molecule has 1 heterocycles. The molecule has 0 aliphatic rings. The molecule has 0 spiro atoms. The summed E-state index contributed by atoms with van der Waals surface area (Å²) < 4.78 is 4.85. The molecule has 7 nitrogen and oxygen atoms in total. The van der Waals surface area contributed by atoms with E-state index in [4.69, 9.17) is 10.5 Å². The van der Waals surface area contributed by atoms with Gasteiger partial charge in [-0.25, -0.2) is 9.78 Å². The van der Waals surface area contributed by atoms with Crippen LogP contribution in [0.25, 0.3) is 0 Å². The summed E-state index contributed by atoms with van der Waals surface area (Å²) in [5.74, 6) is 0.217. The van der Waals surface area contributed by atoms with E-state index in [-0.39, 0.29) is 12.5 Å². The number of pyridine rings is 1. The largest absolute Gasteiger partial charge is 0.452 e. The lowest BCUT2D eigenvalue weighted by atomic mass is 10.1. The number of amides is 2. The number of nitrogens with zero attached hydrogens (tertiary/aromatic N) is 2. The number of benzene rings is 2. The van der Waals surface area contributed by atoms with Gasteiger partial charge >= 0.3 is 6.09 Å². The summed E-state index contributed by atoms with van der Waals surface area (Å²) in [6.45, 7) is 0.261. The van der Waals surface area contributed by atoms with Crippen LogP contribution in [0.15, 0.2) is 72.9 Å². The van der Waals surface area contributed by atoms with Crippen LogP contribution < -0.4 is 16.0 Å². The molecule has 0 saturated heterocycles. The molecule has 0 fully saturated rings. The van der Waals surface area contributed by atoms with Gasteiger partial charge in [0, 0.05) is 11.8 Å². The van der Waals surface area contributed by atoms with E-state index >= 15 is 0 Å². The molecular formula is C21H20N4O3. The molecule has 0 radical (unpaired) electrons. The van der Waals surface area contributed by atoms with Crippen LogP contribution in [0.5, 0.6) is 0 Å². The number of nitrogens with one attached hydrogen (secondary N) is 1. The number of para-hydroxylation sites is 2. The summed E-state index contributed by atoms with van der Waals surface area (Å²) in [5.41, 5.74) is 8.22. The van der Waals surface area contributed by atoms with E-state index in [0.29, 0.717) is 22.8 Å². The third-order valence-electron chi connectivity index (χ3n) is 4.09. The number of rotatable bonds is 5. The van der Waals surface area contributed by atoms with Crippen molar-refractivity contribution in [3.63, 3.8) is 0 Å². The van der Waals surface area contributed by atoms with Crippen LogP contribution in [0, 0.1) is 0 Å². The standard InChI is InChI=1S/C21H20N4O3/c1-28-21(27)25(19-8-4-5-13-23-19)14-15-9-11-16(12-10-15)20(26)24-18-7-3-2-6-17(18)22/h2-13H,14,22H2,1H3,(H,24,26). The zero-order valence-electron chi connectivity index (χ0n) is 15.3. The summed E-state index contributed by atoms with van der Waals surface area (Å²) >= 11 is 0. The van der Waals surface area contributed by atoms with E-state index in [1.54, 1.807) is 72.9 Å². The molecule has 3 N–H and O–H groups in total. The van der Waals surface area contributed by atoms with E-state index in [1.807, 2.05) is 0 Å². The fourth-order valence-electron chi connectivity index (χ4n) is 2.61. The van der Waals surface area contributed by atoms with Gasteiger partial charge in [0.1, 0.15) is 5.82 Å². The summed E-state index contributed by atoms with van der Waals surface area (Å²) in [6, 6.07) is 19.3. The highest BCUT2D eigenvalue weighted by atomic mass is 16.5. The molecular weight excluding hydrogens is 356 g/mol. The first-order valence-electron chi connectivity index (χ1n) is 8.60. The lowest BCUT2D eigenvalue weighted by Gasteiger charge is -2.20. The molecule has 0 aliphatic carbocycles. The number of nitrogen functional groups attached to an aromatic ring is 1. The molecule has 3 aromatic rings. The number of ether oxygens (including phenoxy) is 1. The number of aromatic nitrogens is 1. The van der Waals surface area contributed by atoms with Crippen molar-refractivity contribution in [2.45, 2.75) is 6.54 Å². The first-order chi connectivity index (χ1) is 13.6. The molecule has 2 aromatic carbocycles. The number of anilines is 3. The molecule has 0 unspecified atom stereocenters. The zero-order valence-corrected chi connectivity index (χ0v) is 15.3. The Bertz CT molecular complexity index is 959. The van der Waals surface area contributed by atoms with E-state index < -0.39 is 6.09 Å². The Morgan fingerprint density at radius 3 is 2.39 bits per heavy atom. The minimum absolute atomic E-state index is 0.261. The minimum Gasteiger partial charge on any atom is -0.452 e. The zero-order chi connectivity index (χ0) is 19.9. The SMILES string of the molecule is COC(=O)N(Cc1ccc(C(=O)Nc2ccccc2N)cc1)c1ccccn1. The Labute approximate surface area is 162 Å². The predicted octanol–water partition coefficient (Wildman–Crippen LogP) is 3.69.